The summed E-state index contributed by atoms with van der Waals surface area (Å²) in [7, 11) is 0.0622. The van der Waals surface area contributed by atoms with Crippen LogP contribution in [0.2, 0.25) is 5.02 Å². The van der Waals surface area contributed by atoms with E-state index < -0.39 is 22.6 Å². The molecule has 1 aliphatic rings. The Bertz CT molecular complexity index is 1520. The number of likely N-dealkylation sites (tertiary alicyclic amines) is 1. The zero-order chi connectivity index (χ0) is 28.4. The molecule has 4 rings (SSSR count). The molecule has 12 heteroatoms. The van der Waals surface area contributed by atoms with Gasteiger partial charge in [-0.05, 0) is 69.2 Å². The number of nitrogens with one attached hydrogen (secondary N) is 2. The quantitative estimate of drug-likeness (QED) is 0.371. The molecule has 1 aliphatic heterocycles. The number of benzene rings is 2. The molecule has 3 aromatic rings. The SMILES string of the molecule is COc1cc(S(C)(=O)=O)ccc1NCC#Cc1cc2c(NC3CCN(C)CC3)cc(Cl)cc2n1CC(F)(F)F. The largest absolute Gasteiger partial charge is 0.495 e. The van der Waals surface area contributed by atoms with Gasteiger partial charge in [0.1, 0.15) is 12.3 Å². The van der Waals surface area contributed by atoms with Crippen LogP contribution in [-0.2, 0) is 16.4 Å². The van der Waals surface area contributed by atoms with Crippen molar-refractivity contribution < 1.29 is 26.3 Å². The Morgan fingerprint density at radius 3 is 2.49 bits per heavy atom. The molecule has 0 atom stereocenters. The summed E-state index contributed by atoms with van der Waals surface area (Å²) in [6, 6.07) is 9.51. The van der Waals surface area contributed by atoms with Gasteiger partial charge in [-0.25, -0.2) is 8.42 Å². The minimum Gasteiger partial charge on any atom is -0.495 e. The van der Waals surface area contributed by atoms with Crippen LogP contribution in [0, 0.1) is 11.8 Å². The number of aromatic nitrogens is 1. The molecule has 7 nitrogen and oxygen atoms in total. The predicted octanol–water partition coefficient (Wildman–Crippen LogP) is 5.24. The van der Waals surface area contributed by atoms with E-state index in [-0.39, 0.29) is 23.2 Å². The molecule has 2 aromatic carbocycles. The molecule has 0 spiro atoms. The highest BCUT2D eigenvalue weighted by molar-refractivity contribution is 7.90. The van der Waals surface area contributed by atoms with E-state index in [0.29, 0.717) is 33.0 Å². The number of nitrogens with zero attached hydrogens (tertiary/aromatic N) is 2. The molecule has 1 aromatic heterocycles. The Balaban J connectivity index is 1.63. The average Bonchev–Trinajstić information content (AvgIpc) is 3.18. The third-order valence-corrected chi connectivity index (χ3v) is 7.91. The maximum Gasteiger partial charge on any atom is 0.406 e. The molecule has 2 heterocycles. The molecule has 0 unspecified atom stereocenters. The number of fused-ring (bicyclic) bond motifs is 1. The van der Waals surface area contributed by atoms with Gasteiger partial charge in [0.15, 0.2) is 9.84 Å². The molecule has 210 valence electrons. The van der Waals surface area contributed by atoms with Gasteiger partial charge in [0.2, 0.25) is 0 Å². The number of sulfone groups is 1. The van der Waals surface area contributed by atoms with E-state index >= 15 is 0 Å². The highest BCUT2D eigenvalue weighted by Gasteiger charge is 2.30. The van der Waals surface area contributed by atoms with Gasteiger partial charge in [-0.15, -0.1) is 0 Å². The van der Waals surface area contributed by atoms with Gasteiger partial charge < -0.3 is 24.8 Å². The fourth-order valence-electron chi connectivity index (χ4n) is 4.59. The van der Waals surface area contributed by atoms with Crippen LogP contribution < -0.4 is 15.4 Å². The van der Waals surface area contributed by atoms with Crippen LogP contribution in [0.4, 0.5) is 24.5 Å². The van der Waals surface area contributed by atoms with Crippen molar-refractivity contribution in [1.82, 2.24) is 9.47 Å². The summed E-state index contributed by atoms with van der Waals surface area (Å²) in [5.74, 6) is 6.04. The van der Waals surface area contributed by atoms with Crippen molar-refractivity contribution in [2.24, 2.45) is 0 Å². The van der Waals surface area contributed by atoms with Crippen molar-refractivity contribution in [3.8, 4) is 17.6 Å². The molecule has 39 heavy (non-hydrogen) atoms. The van der Waals surface area contributed by atoms with Gasteiger partial charge in [-0.3, -0.25) is 0 Å². The number of piperidine rings is 1. The van der Waals surface area contributed by atoms with Crippen molar-refractivity contribution in [3.05, 3.63) is 47.1 Å². The molecule has 0 bridgehead atoms. The third-order valence-electron chi connectivity index (χ3n) is 6.59. The van der Waals surface area contributed by atoms with Crippen LogP contribution in [-0.4, -0.2) is 70.2 Å². The first-order chi connectivity index (χ1) is 18.3. The van der Waals surface area contributed by atoms with Gasteiger partial charge in [0.25, 0.3) is 0 Å². The summed E-state index contributed by atoms with van der Waals surface area (Å²) < 4.78 is 70.7. The molecule has 0 radical (unpaired) electrons. The fourth-order valence-corrected chi connectivity index (χ4v) is 5.44. The number of hydrogen-bond acceptors (Lipinski definition) is 6. The van der Waals surface area contributed by atoms with E-state index in [9.17, 15) is 21.6 Å². The standard InChI is InChI=1S/C27H30ClF3N4O3S/c1-34-11-8-19(9-12-34)33-24-13-18(28)14-25-22(24)15-20(35(25)17-27(29,30)31)5-4-10-32-23-7-6-21(39(3,36)37)16-26(23)38-2/h6-7,13-16,19,32-33H,8-12,17H2,1-3H3. The molecule has 1 fully saturated rings. The van der Waals surface area contributed by atoms with Crippen LogP contribution >= 0.6 is 11.6 Å². The van der Waals surface area contributed by atoms with Crippen molar-refractivity contribution in [2.75, 3.05) is 50.7 Å². The monoisotopic (exact) mass is 582 g/mol. The molecule has 0 aliphatic carbocycles. The number of hydrogen-bond donors (Lipinski definition) is 2. The summed E-state index contributed by atoms with van der Waals surface area (Å²) >= 11 is 6.34. The summed E-state index contributed by atoms with van der Waals surface area (Å²) in [5.41, 5.74) is 1.75. The minimum absolute atomic E-state index is 0.0869. The first kappa shape index (κ1) is 28.9. The lowest BCUT2D eigenvalue weighted by atomic mass is 10.0. The Morgan fingerprint density at radius 2 is 1.85 bits per heavy atom. The summed E-state index contributed by atoms with van der Waals surface area (Å²) in [6.07, 6.45) is -1.52. The maximum atomic E-state index is 13.6. The number of methoxy groups -OCH3 is 1. The molecule has 1 saturated heterocycles. The number of anilines is 2. The molecule has 0 saturated carbocycles. The van der Waals surface area contributed by atoms with E-state index in [1.807, 2.05) is 0 Å². The Hall–Kier alpha value is -3.07. The van der Waals surface area contributed by atoms with E-state index in [0.717, 1.165) is 36.8 Å². The highest BCUT2D eigenvalue weighted by atomic mass is 35.5. The fraction of sp³-hybridized carbons (Fsp3) is 0.407. The second kappa shape index (κ2) is 11.6. The molecular formula is C27H30ClF3N4O3S. The van der Waals surface area contributed by atoms with Crippen LogP contribution in [0.25, 0.3) is 10.9 Å². The predicted molar refractivity (Wildman–Crippen MR) is 149 cm³/mol. The van der Waals surface area contributed by atoms with Crippen molar-refractivity contribution in [3.63, 3.8) is 0 Å². The molecular weight excluding hydrogens is 553 g/mol. The van der Waals surface area contributed by atoms with Crippen LogP contribution in [0.15, 0.2) is 41.3 Å². The molecule has 0 amide bonds. The van der Waals surface area contributed by atoms with Gasteiger partial charge in [0.05, 0.1) is 35.4 Å². The van der Waals surface area contributed by atoms with E-state index in [2.05, 4.69) is 34.4 Å². The number of ether oxygens (including phenoxy) is 1. The lowest BCUT2D eigenvalue weighted by molar-refractivity contribution is -0.140. The van der Waals surface area contributed by atoms with Gasteiger partial charge >= 0.3 is 6.18 Å². The van der Waals surface area contributed by atoms with Crippen LogP contribution in [0.3, 0.4) is 0 Å². The minimum atomic E-state index is -4.46. The van der Waals surface area contributed by atoms with Crippen LogP contribution in [0.1, 0.15) is 18.5 Å². The normalized spacial score (nSPS) is 15.2. The summed E-state index contributed by atoms with van der Waals surface area (Å²) in [5, 5.41) is 7.47. The van der Waals surface area contributed by atoms with Crippen molar-refractivity contribution in [1.29, 1.82) is 0 Å². The van der Waals surface area contributed by atoms with Gasteiger partial charge in [-0.1, -0.05) is 17.5 Å². The van der Waals surface area contributed by atoms with Crippen molar-refractivity contribution >= 4 is 43.7 Å². The molecule has 2 N–H and O–H groups in total. The zero-order valence-corrected chi connectivity index (χ0v) is 23.4. The smallest absolute Gasteiger partial charge is 0.406 e. The summed E-state index contributed by atoms with van der Waals surface area (Å²) in [6.45, 7) is 0.746. The van der Waals surface area contributed by atoms with Crippen molar-refractivity contribution in [2.45, 2.75) is 36.5 Å². The average molecular weight is 583 g/mol. The van der Waals surface area contributed by atoms with E-state index in [1.54, 1.807) is 18.2 Å². The second-order valence-electron chi connectivity index (χ2n) is 9.63. The first-order valence-corrected chi connectivity index (χ1v) is 14.6. The zero-order valence-electron chi connectivity index (χ0n) is 21.8. The van der Waals surface area contributed by atoms with E-state index in [4.69, 9.17) is 16.3 Å². The van der Waals surface area contributed by atoms with E-state index in [1.165, 1.54) is 25.3 Å². The Morgan fingerprint density at radius 1 is 1.13 bits per heavy atom. The summed E-state index contributed by atoms with van der Waals surface area (Å²) in [4.78, 5) is 2.35. The third kappa shape index (κ3) is 7.32. The maximum absolute atomic E-state index is 13.6. The van der Waals surface area contributed by atoms with Crippen LogP contribution in [0.5, 0.6) is 5.75 Å². The lowest BCUT2D eigenvalue weighted by Crippen LogP contribution is -2.36. The second-order valence-corrected chi connectivity index (χ2v) is 12.1. The Labute approximate surface area is 231 Å². The number of alkyl halides is 3. The number of rotatable bonds is 7. The Kier molecular flexibility index (Phi) is 8.59. The van der Waals surface area contributed by atoms with Gasteiger partial charge in [0, 0.05) is 34.5 Å². The topological polar surface area (TPSA) is 75.6 Å². The highest BCUT2D eigenvalue weighted by Crippen LogP contribution is 2.34. The first-order valence-electron chi connectivity index (χ1n) is 12.3. The lowest BCUT2D eigenvalue weighted by Gasteiger charge is -2.30. The van der Waals surface area contributed by atoms with Gasteiger partial charge in [-0.2, -0.15) is 13.2 Å². The number of halogens is 4.